The Morgan fingerprint density at radius 1 is 1.00 bits per heavy atom. The zero-order valence-electron chi connectivity index (χ0n) is 17.3. The normalized spacial score (nSPS) is 12.1. The first-order chi connectivity index (χ1) is 16.5. The summed E-state index contributed by atoms with van der Waals surface area (Å²) in [6.07, 6.45) is -4.74. The molecule has 0 aliphatic carbocycles. The molecule has 0 fully saturated rings. The van der Waals surface area contributed by atoms with E-state index in [0.29, 0.717) is 11.6 Å². The number of aromatic nitrogens is 4. The molecule has 0 amide bonds. The number of hydrogen-bond donors (Lipinski definition) is 1. The lowest BCUT2D eigenvalue weighted by molar-refractivity contribution is -0.137. The number of halogens is 6. The van der Waals surface area contributed by atoms with Gasteiger partial charge in [0.15, 0.2) is 5.82 Å². The van der Waals surface area contributed by atoms with E-state index in [1.165, 1.54) is 35.0 Å². The Morgan fingerprint density at radius 3 is 2.46 bits per heavy atom. The predicted molar refractivity (Wildman–Crippen MR) is 121 cm³/mol. The fraction of sp³-hybridized carbons (Fsp3) is 0.0952. The molecular weight excluding hydrogens is 533 g/mol. The van der Waals surface area contributed by atoms with E-state index in [9.17, 15) is 26.0 Å². The highest BCUT2D eigenvalue weighted by molar-refractivity contribution is 7.92. The number of nitrogens with one attached hydrogen (secondary N) is 1. The number of sulfonamides is 1. The molecule has 182 valence electrons. The van der Waals surface area contributed by atoms with Crippen LogP contribution in [0.5, 0.6) is 0 Å². The third-order valence-corrected chi connectivity index (χ3v) is 7.16. The summed E-state index contributed by atoms with van der Waals surface area (Å²) in [4.78, 5) is -0.419. The van der Waals surface area contributed by atoms with Crippen molar-refractivity contribution in [3.63, 3.8) is 0 Å². The SMILES string of the molecule is O=S(=O)(Nc1cc(C(F)(F)F)ccc1Cn1nnnc1-c1cccc(F)c1)c1cccc(Cl)c1Cl. The molecule has 0 spiro atoms. The maximum atomic E-state index is 13.7. The highest BCUT2D eigenvalue weighted by atomic mass is 35.5. The first-order valence-corrected chi connectivity index (χ1v) is 11.9. The van der Waals surface area contributed by atoms with E-state index in [0.717, 1.165) is 18.2 Å². The largest absolute Gasteiger partial charge is 0.416 e. The molecule has 4 rings (SSSR count). The molecule has 0 aliphatic rings. The van der Waals surface area contributed by atoms with Crippen LogP contribution in [0, 0.1) is 5.82 Å². The molecule has 0 saturated heterocycles. The van der Waals surface area contributed by atoms with Gasteiger partial charge < -0.3 is 0 Å². The zero-order chi connectivity index (χ0) is 25.4. The van der Waals surface area contributed by atoms with Gasteiger partial charge in [-0.1, -0.05) is 47.5 Å². The molecule has 1 N–H and O–H groups in total. The smallest absolute Gasteiger partial charge is 0.279 e. The Labute approximate surface area is 206 Å². The minimum atomic E-state index is -4.74. The number of benzene rings is 3. The highest BCUT2D eigenvalue weighted by Gasteiger charge is 2.32. The Morgan fingerprint density at radius 2 is 1.74 bits per heavy atom. The molecule has 4 aromatic rings. The molecule has 1 aromatic heterocycles. The van der Waals surface area contributed by atoms with Crippen LogP contribution in [0.1, 0.15) is 11.1 Å². The van der Waals surface area contributed by atoms with E-state index in [1.54, 1.807) is 6.07 Å². The van der Waals surface area contributed by atoms with Gasteiger partial charge in [0, 0.05) is 5.56 Å². The number of alkyl halides is 3. The van der Waals surface area contributed by atoms with Gasteiger partial charge >= 0.3 is 6.18 Å². The van der Waals surface area contributed by atoms with Gasteiger partial charge in [0.2, 0.25) is 0 Å². The fourth-order valence-corrected chi connectivity index (χ4v) is 5.04. The lowest BCUT2D eigenvalue weighted by Crippen LogP contribution is -2.17. The molecule has 0 radical (unpaired) electrons. The van der Waals surface area contributed by atoms with Crippen molar-refractivity contribution in [2.45, 2.75) is 17.6 Å². The van der Waals surface area contributed by atoms with E-state index in [2.05, 4.69) is 20.2 Å². The van der Waals surface area contributed by atoms with Crippen molar-refractivity contribution in [1.82, 2.24) is 20.2 Å². The Balaban J connectivity index is 1.77. The third-order valence-electron chi connectivity index (χ3n) is 4.82. The number of rotatable bonds is 6. The molecule has 7 nitrogen and oxygen atoms in total. The zero-order valence-corrected chi connectivity index (χ0v) is 19.6. The maximum Gasteiger partial charge on any atom is 0.416 e. The third kappa shape index (κ3) is 5.39. The fourth-order valence-electron chi connectivity index (χ4n) is 3.18. The van der Waals surface area contributed by atoms with Gasteiger partial charge in [0.25, 0.3) is 10.0 Å². The van der Waals surface area contributed by atoms with Crippen LogP contribution in [0.25, 0.3) is 11.4 Å². The topological polar surface area (TPSA) is 89.8 Å². The van der Waals surface area contributed by atoms with Crippen LogP contribution in [-0.2, 0) is 22.7 Å². The summed E-state index contributed by atoms with van der Waals surface area (Å²) in [7, 11) is -4.44. The number of tetrazole rings is 1. The van der Waals surface area contributed by atoms with E-state index in [-0.39, 0.29) is 33.7 Å². The van der Waals surface area contributed by atoms with Gasteiger partial charge in [-0.15, -0.1) is 5.10 Å². The van der Waals surface area contributed by atoms with Crippen molar-refractivity contribution in [2.75, 3.05) is 4.72 Å². The quantitative estimate of drug-likeness (QED) is 0.316. The van der Waals surface area contributed by atoms with E-state index in [4.69, 9.17) is 23.2 Å². The number of hydrogen-bond acceptors (Lipinski definition) is 5. The summed E-state index contributed by atoms with van der Waals surface area (Å²) in [5, 5.41) is 10.9. The molecule has 1 heterocycles. The summed E-state index contributed by atoms with van der Waals surface area (Å²) in [6, 6.07) is 11.8. The van der Waals surface area contributed by atoms with Crippen molar-refractivity contribution in [2.24, 2.45) is 0 Å². The minimum Gasteiger partial charge on any atom is -0.279 e. The molecule has 3 aromatic carbocycles. The Kier molecular flexibility index (Phi) is 6.71. The van der Waals surface area contributed by atoms with Gasteiger partial charge in [-0.25, -0.2) is 17.5 Å². The van der Waals surface area contributed by atoms with Gasteiger partial charge in [-0.2, -0.15) is 13.2 Å². The monoisotopic (exact) mass is 545 g/mol. The second kappa shape index (κ2) is 9.44. The molecule has 35 heavy (non-hydrogen) atoms. The predicted octanol–water partition coefficient (Wildman–Crippen LogP) is 5.65. The molecule has 14 heteroatoms. The molecule has 0 aliphatic heterocycles. The summed E-state index contributed by atoms with van der Waals surface area (Å²) >= 11 is 11.9. The second-order valence-electron chi connectivity index (χ2n) is 7.20. The highest BCUT2D eigenvalue weighted by Crippen LogP contribution is 2.35. The molecule has 0 unspecified atom stereocenters. The number of nitrogens with zero attached hydrogens (tertiary/aromatic N) is 4. The van der Waals surface area contributed by atoms with Crippen molar-refractivity contribution in [1.29, 1.82) is 0 Å². The minimum absolute atomic E-state index is 0.0489. The van der Waals surface area contributed by atoms with E-state index >= 15 is 0 Å². The van der Waals surface area contributed by atoms with E-state index < -0.39 is 32.5 Å². The van der Waals surface area contributed by atoms with Crippen LogP contribution in [0.4, 0.5) is 23.2 Å². The molecule has 0 atom stereocenters. The van der Waals surface area contributed by atoms with E-state index in [1.807, 2.05) is 0 Å². The molecular formula is C21H13Cl2F4N5O2S. The van der Waals surface area contributed by atoms with Gasteiger partial charge in [0.1, 0.15) is 10.7 Å². The first-order valence-electron chi connectivity index (χ1n) is 9.65. The van der Waals surface area contributed by atoms with Crippen LogP contribution in [0.2, 0.25) is 10.0 Å². The van der Waals surface area contributed by atoms with Crippen LogP contribution in [0.3, 0.4) is 0 Å². The van der Waals surface area contributed by atoms with Gasteiger partial charge in [-0.3, -0.25) is 4.72 Å². The van der Waals surface area contributed by atoms with Gasteiger partial charge in [0.05, 0.1) is 27.8 Å². The standard InChI is InChI=1S/C21H13Cl2F4N5O2S/c22-16-5-2-6-18(19(16)23)35(33,34)29-17-10-14(21(25,26)27)8-7-13(17)11-32-20(28-30-31-32)12-3-1-4-15(24)9-12/h1-10,29H,11H2. The van der Waals surface area contributed by atoms with Gasteiger partial charge in [-0.05, 0) is 52.4 Å². The number of anilines is 1. The van der Waals surface area contributed by atoms with Crippen molar-refractivity contribution in [3.05, 3.63) is 87.7 Å². The first kappa shape index (κ1) is 24.9. The summed E-state index contributed by atoms with van der Waals surface area (Å²) in [5.41, 5.74) is -1.05. The van der Waals surface area contributed by atoms with Crippen LogP contribution < -0.4 is 4.72 Å². The second-order valence-corrected chi connectivity index (χ2v) is 9.63. The van der Waals surface area contributed by atoms with Crippen molar-refractivity contribution < 1.29 is 26.0 Å². The summed E-state index contributed by atoms with van der Waals surface area (Å²) < 4.78 is 83.1. The lowest BCUT2D eigenvalue weighted by Gasteiger charge is -2.17. The maximum absolute atomic E-state index is 13.7. The summed E-state index contributed by atoms with van der Waals surface area (Å²) in [5.74, 6) is -0.422. The van der Waals surface area contributed by atoms with Crippen LogP contribution in [0.15, 0.2) is 65.6 Å². The average Bonchev–Trinajstić information content (AvgIpc) is 3.24. The molecule has 0 bridgehead atoms. The average molecular weight is 546 g/mol. The molecule has 0 saturated carbocycles. The Bertz CT molecular complexity index is 1510. The van der Waals surface area contributed by atoms with Crippen LogP contribution in [-0.4, -0.2) is 28.6 Å². The van der Waals surface area contributed by atoms with Crippen molar-refractivity contribution >= 4 is 38.9 Å². The van der Waals surface area contributed by atoms with Crippen LogP contribution >= 0.6 is 23.2 Å². The lowest BCUT2D eigenvalue weighted by atomic mass is 10.1. The van der Waals surface area contributed by atoms with Crippen molar-refractivity contribution in [3.8, 4) is 11.4 Å². The summed E-state index contributed by atoms with van der Waals surface area (Å²) in [6.45, 7) is -0.238. The Hall–Kier alpha value is -3.22.